The van der Waals surface area contributed by atoms with Crippen LogP contribution in [-0.2, 0) is 18.3 Å². The van der Waals surface area contributed by atoms with E-state index in [9.17, 15) is 0 Å². The molecule has 5 heteroatoms. The number of halogens is 1. The molecule has 1 aliphatic rings. The monoisotopic (exact) mass is 273 g/mol. The van der Waals surface area contributed by atoms with E-state index in [0.29, 0.717) is 6.04 Å². The van der Waals surface area contributed by atoms with Crippen molar-refractivity contribution in [2.45, 2.75) is 12.6 Å². The van der Waals surface area contributed by atoms with Crippen molar-refractivity contribution in [3.8, 4) is 0 Å². The summed E-state index contributed by atoms with van der Waals surface area (Å²) in [5.41, 5.74) is 1.27. The lowest BCUT2D eigenvalue weighted by Gasteiger charge is -2.34. The first-order chi connectivity index (χ1) is 7.29. The zero-order chi connectivity index (χ0) is 10.7. The fourth-order valence-electron chi connectivity index (χ4n) is 1.83. The third kappa shape index (κ3) is 2.80. The lowest BCUT2D eigenvalue weighted by Crippen LogP contribution is -2.45. The third-order valence-corrected chi connectivity index (χ3v) is 3.42. The Hall–Kier alpha value is -0.390. The summed E-state index contributed by atoms with van der Waals surface area (Å²) in [5.74, 6) is 0. The third-order valence-electron chi connectivity index (χ3n) is 2.67. The lowest BCUT2D eigenvalue weighted by atomic mass is 10.2. The largest absolute Gasteiger partial charge is 0.378 e. The first kappa shape index (κ1) is 11.1. The molecule has 1 saturated heterocycles. The number of nitrogens with zero attached hydrogens (tertiary/aromatic N) is 3. The zero-order valence-corrected chi connectivity index (χ0v) is 10.5. The quantitative estimate of drug-likeness (QED) is 0.771. The molecule has 2 rings (SSSR count). The standard InChI is InChI=1S/C10H16BrN3O/c1-13-6-9(5-12-13)7-14-2-3-15-8-10(14)4-11/h5-6,10H,2-4,7-8H2,1H3. The second-order valence-corrected chi connectivity index (χ2v) is 4.52. The van der Waals surface area contributed by atoms with Gasteiger partial charge in [0.1, 0.15) is 0 Å². The second-order valence-electron chi connectivity index (χ2n) is 3.88. The van der Waals surface area contributed by atoms with Crippen molar-refractivity contribution in [2.75, 3.05) is 25.1 Å². The van der Waals surface area contributed by atoms with Crippen LogP contribution in [-0.4, -0.2) is 45.8 Å². The number of ether oxygens (including phenoxy) is 1. The lowest BCUT2D eigenvalue weighted by molar-refractivity contribution is -0.00213. The maximum atomic E-state index is 5.45. The molecule has 0 radical (unpaired) electrons. The van der Waals surface area contributed by atoms with Crippen LogP contribution in [0.5, 0.6) is 0 Å². The molecule has 1 aliphatic heterocycles. The molecule has 1 aromatic rings. The van der Waals surface area contributed by atoms with Gasteiger partial charge in [0, 0.05) is 43.3 Å². The highest BCUT2D eigenvalue weighted by Gasteiger charge is 2.22. The number of aryl methyl sites for hydroxylation is 1. The summed E-state index contributed by atoms with van der Waals surface area (Å²) >= 11 is 3.53. The minimum atomic E-state index is 0.485. The minimum Gasteiger partial charge on any atom is -0.378 e. The Morgan fingerprint density at radius 2 is 2.53 bits per heavy atom. The molecule has 2 heterocycles. The van der Waals surface area contributed by atoms with Crippen LogP contribution in [0, 0.1) is 0 Å². The molecular formula is C10H16BrN3O. The van der Waals surface area contributed by atoms with Crippen molar-refractivity contribution < 1.29 is 4.74 Å². The average molecular weight is 274 g/mol. The molecule has 15 heavy (non-hydrogen) atoms. The first-order valence-electron chi connectivity index (χ1n) is 5.15. The molecule has 1 atom stereocenters. The molecular weight excluding hydrogens is 258 g/mol. The summed E-state index contributed by atoms with van der Waals surface area (Å²) in [6, 6.07) is 0.485. The molecule has 0 aromatic carbocycles. The van der Waals surface area contributed by atoms with E-state index in [-0.39, 0.29) is 0 Å². The van der Waals surface area contributed by atoms with Gasteiger partial charge in [-0.05, 0) is 0 Å². The molecule has 0 bridgehead atoms. The Morgan fingerprint density at radius 1 is 1.67 bits per heavy atom. The van der Waals surface area contributed by atoms with E-state index >= 15 is 0 Å². The Morgan fingerprint density at radius 3 is 3.20 bits per heavy atom. The van der Waals surface area contributed by atoms with Crippen LogP contribution in [0.4, 0.5) is 0 Å². The van der Waals surface area contributed by atoms with E-state index in [1.165, 1.54) is 5.56 Å². The van der Waals surface area contributed by atoms with Gasteiger partial charge in [0.2, 0.25) is 0 Å². The van der Waals surface area contributed by atoms with Crippen molar-refractivity contribution >= 4 is 15.9 Å². The maximum Gasteiger partial charge on any atom is 0.0630 e. The molecule has 0 N–H and O–H groups in total. The van der Waals surface area contributed by atoms with Gasteiger partial charge in [-0.1, -0.05) is 15.9 Å². The number of hydrogen-bond acceptors (Lipinski definition) is 3. The number of hydrogen-bond donors (Lipinski definition) is 0. The number of rotatable bonds is 3. The molecule has 4 nitrogen and oxygen atoms in total. The summed E-state index contributed by atoms with van der Waals surface area (Å²) in [6.45, 7) is 3.63. The number of morpholine rings is 1. The van der Waals surface area contributed by atoms with Crippen LogP contribution in [0.3, 0.4) is 0 Å². The van der Waals surface area contributed by atoms with Crippen LogP contribution in [0.1, 0.15) is 5.56 Å². The van der Waals surface area contributed by atoms with Gasteiger partial charge in [-0.2, -0.15) is 5.10 Å². The van der Waals surface area contributed by atoms with E-state index in [4.69, 9.17) is 4.74 Å². The topological polar surface area (TPSA) is 30.3 Å². The summed E-state index contributed by atoms with van der Waals surface area (Å²) in [6.07, 6.45) is 4.00. The van der Waals surface area contributed by atoms with Crippen molar-refractivity contribution in [3.05, 3.63) is 18.0 Å². The van der Waals surface area contributed by atoms with Gasteiger partial charge in [-0.25, -0.2) is 0 Å². The zero-order valence-electron chi connectivity index (χ0n) is 8.90. The van der Waals surface area contributed by atoms with Crippen LogP contribution >= 0.6 is 15.9 Å². The smallest absolute Gasteiger partial charge is 0.0630 e. The Labute approximate surface area is 98.3 Å². The van der Waals surface area contributed by atoms with Crippen LogP contribution < -0.4 is 0 Å². The van der Waals surface area contributed by atoms with Gasteiger partial charge in [-0.3, -0.25) is 9.58 Å². The fraction of sp³-hybridized carbons (Fsp3) is 0.700. The summed E-state index contributed by atoms with van der Waals surface area (Å²) in [4.78, 5) is 2.44. The van der Waals surface area contributed by atoms with Crippen LogP contribution in [0.2, 0.25) is 0 Å². The highest BCUT2D eigenvalue weighted by Crippen LogP contribution is 2.13. The van der Waals surface area contributed by atoms with Crippen molar-refractivity contribution in [2.24, 2.45) is 7.05 Å². The van der Waals surface area contributed by atoms with Gasteiger partial charge >= 0.3 is 0 Å². The van der Waals surface area contributed by atoms with Gasteiger partial charge < -0.3 is 4.74 Å². The van der Waals surface area contributed by atoms with Crippen molar-refractivity contribution in [1.29, 1.82) is 0 Å². The predicted molar refractivity (Wildman–Crippen MR) is 62.0 cm³/mol. The van der Waals surface area contributed by atoms with E-state index < -0.39 is 0 Å². The van der Waals surface area contributed by atoms with E-state index in [1.807, 2.05) is 17.9 Å². The van der Waals surface area contributed by atoms with Crippen molar-refractivity contribution in [3.63, 3.8) is 0 Å². The molecule has 0 saturated carbocycles. The Balaban J connectivity index is 1.97. The number of alkyl halides is 1. The first-order valence-corrected chi connectivity index (χ1v) is 6.27. The Bertz CT molecular complexity index is 315. The highest BCUT2D eigenvalue weighted by atomic mass is 79.9. The van der Waals surface area contributed by atoms with Crippen LogP contribution in [0.15, 0.2) is 12.4 Å². The Kier molecular flexibility index (Phi) is 3.77. The maximum absolute atomic E-state index is 5.45. The van der Waals surface area contributed by atoms with Gasteiger partial charge in [0.05, 0.1) is 19.4 Å². The summed E-state index contributed by atoms with van der Waals surface area (Å²) in [7, 11) is 1.95. The molecule has 0 amide bonds. The molecule has 1 unspecified atom stereocenters. The van der Waals surface area contributed by atoms with E-state index in [2.05, 4.69) is 32.1 Å². The van der Waals surface area contributed by atoms with Crippen molar-refractivity contribution in [1.82, 2.24) is 14.7 Å². The molecule has 0 aliphatic carbocycles. The van der Waals surface area contributed by atoms with Gasteiger partial charge in [0.25, 0.3) is 0 Å². The van der Waals surface area contributed by atoms with Crippen LogP contribution in [0.25, 0.3) is 0 Å². The van der Waals surface area contributed by atoms with E-state index in [0.717, 1.165) is 31.6 Å². The second kappa shape index (κ2) is 5.09. The SMILES string of the molecule is Cn1cc(CN2CCOCC2CBr)cn1. The van der Waals surface area contributed by atoms with Gasteiger partial charge in [-0.15, -0.1) is 0 Å². The predicted octanol–water partition coefficient (Wildman–Crippen LogP) is 1.02. The average Bonchev–Trinajstić information content (AvgIpc) is 2.65. The highest BCUT2D eigenvalue weighted by molar-refractivity contribution is 9.09. The normalized spacial score (nSPS) is 23.2. The molecule has 84 valence electrons. The summed E-state index contributed by atoms with van der Waals surface area (Å²) < 4.78 is 7.30. The molecule has 0 spiro atoms. The fourth-order valence-corrected chi connectivity index (χ4v) is 2.42. The van der Waals surface area contributed by atoms with Gasteiger partial charge in [0.15, 0.2) is 0 Å². The minimum absolute atomic E-state index is 0.485. The number of aromatic nitrogens is 2. The molecule has 1 aromatic heterocycles. The van der Waals surface area contributed by atoms with E-state index in [1.54, 1.807) is 0 Å². The summed E-state index contributed by atoms with van der Waals surface area (Å²) in [5, 5.41) is 5.15. The molecule has 1 fully saturated rings.